The Morgan fingerprint density at radius 1 is 1.14 bits per heavy atom. The highest BCUT2D eigenvalue weighted by Gasteiger charge is 2.17. The standard InChI is InChI=1S/C20H16N6O2S/c27-18(23-22-13-17-9-5-11-28-17)14-29-20-25-24-19(15-6-2-1-3-7-15)26(20)16-8-4-10-21-12-16/h1-13H,14H2,(H,23,27). The van der Waals surface area contributed by atoms with Crippen LogP contribution in [0.25, 0.3) is 17.1 Å². The van der Waals surface area contributed by atoms with Gasteiger partial charge in [0.15, 0.2) is 11.0 Å². The molecule has 0 fully saturated rings. The van der Waals surface area contributed by atoms with Gasteiger partial charge in [0.25, 0.3) is 5.91 Å². The van der Waals surface area contributed by atoms with Crippen molar-refractivity contribution in [3.05, 3.63) is 79.0 Å². The first-order chi connectivity index (χ1) is 14.3. The molecule has 1 amide bonds. The number of pyridine rings is 1. The van der Waals surface area contributed by atoms with Crippen molar-refractivity contribution in [2.75, 3.05) is 5.75 Å². The lowest BCUT2D eigenvalue weighted by Crippen LogP contribution is -2.19. The number of nitrogens with zero attached hydrogens (tertiary/aromatic N) is 5. The van der Waals surface area contributed by atoms with Crippen LogP contribution in [0.4, 0.5) is 0 Å². The van der Waals surface area contributed by atoms with Crippen molar-refractivity contribution < 1.29 is 9.21 Å². The Kier molecular flexibility index (Phi) is 5.77. The molecular weight excluding hydrogens is 388 g/mol. The SMILES string of the molecule is O=C(CSc1nnc(-c2ccccc2)n1-c1cccnc1)NN=Cc1ccco1. The fraction of sp³-hybridized carbons (Fsp3) is 0.0500. The molecule has 0 spiro atoms. The number of carbonyl (C=O) groups excluding carboxylic acids is 1. The smallest absolute Gasteiger partial charge is 0.250 e. The van der Waals surface area contributed by atoms with Crippen LogP contribution in [-0.4, -0.2) is 37.6 Å². The summed E-state index contributed by atoms with van der Waals surface area (Å²) < 4.78 is 7.00. The maximum Gasteiger partial charge on any atom is 0.250 e. The van der Waals surface area contributed by atoms with Gasteiger partial charge in [0.05, 0.1) is 30.1 Å². The number of amides is 1. The average Bonchev–Trinajstić information content (AvgIpc) is 3.43. The van der Waals surface area contributed by atoms with Gasteiger partial charge in [-0.25, -0.2) is 5.43 Å². The zero-order chi connectivity index (χ0) is 19.9. The summed E-state index contributed by atoms with van der Waals surface area (Å²) in [6.45, 7) is 0. The zero-order valence-corrected chi connectivity index (χ0v) is 16.0. The molecule has 4 aromatic rings. The van der Waals surface area contributed by atoms with Crippen molar-refractivity contribution in [1.29, 1.82) is 0 Å². The van der Waals surface area contributed by atoms with Crippen molar-refractivity contribution in [3.8, 4) is 17.1 Å². The normalized spacial score (nSPS) is 11.0. The number of thioether (sulfide) groups is 1. The minimum atomic E-state index is -0.264. The minimum absolute atomic E-state index is 0.128. The van der Waals surface area contributed by atoms with Gasteiger partial charge in [0.1, 0.15) is 5.76 Å². The zero-order valence-electron chi connectivity index (χ0n) is 15.2. The van der Waals surface area contributed by atoms with E-state index in [1.54, 1.807) is 24.5 Å². The number of benzene rings is 1. The maximum atomic E-state index is 12.1. The van der Waals surface area contributed by atoms with Crippen molar-refractivity contribution in [1.82, 2.24) is 25.2 Å². The van der Waals surface area contributed by atoms with E-state index in [0.717, 1.165) is 11.3 Å². The fourth-order valence-corrected chi connectivity index (χ4v) is 3.30. The maximum absolute atomic E-state index is 12.1. The molecule has 0 bridgehead atoms. The van der Waals surface area contributed by atoms with E-state index in [2.05, 4.69) is 25.7 Å². The Morgan fingerprint density at radius 3 is 2.79 bits per heavy atom. The molecule has 0 aliphatic carbocycles. The highest BCUT2D eigenvalue weighted by molar-refractivity contribution is 7.99. The lowest BCUT2D eigenvalue weighted by atomic mass is 10.2. The quantitative estimate of drug-likeness (QED) is 0.289. The molecule has 144 valence electrons. The number of hydrazone groups is 1. The van der Waals surface area contributed by atoms with E-state index in [1.807, 2.05) is 47.0 Å². The van der Waals surface area contributed by atoms with Crippen molar-refractivity contribution in [2.24, 2.45) is 5.10 Å². The first-order valence-electron chi connectivity index (χ1n) is 8.71. The van der Waals surface area contributed by atoms with Crippen molar-refractivity contribution in [2.45, 2.75) is 5.16 Å². The third-order valence-electron chi connectivity index (χ3n) is 3.83. The molecule has 1 N–H and O–H groups in total. The second kappa shape index (κ2) is 8.98. The molecular formula is C20H16N6O2S. The molecule has 9 heteroatoms. The molecule has 0 saturated heterocycles. The molecule has 1 aromatic carbocycles. The topological polar surface area (TPSA) is 98.2 Å². The summed E-state index contributed by atoms with van der Waals surface area (Å²) in [6, 6.07) is 17.0. The van der Waals surface area contributed by atoms with E-state index >= 15 is 0 Å². The summed E-state index contributed by atoms with van der Waals surface area (Å²) in [6.07, 6.45) is 6.41. The molecule has 0 aliphatic rings. The minimum Gasteiger partial charge on any atom is -0.463 e. The molecule has 4 rings (SSSR count). The summed E-state index contributed by atoms with van der Waals surface area (Å²) >= 11 is 1.27. The number of hydrogen-bond donors (Lipinski definition) is 1. The van der Waals surface area contributed by atoms with Crippen LogP contribution in [0.2, 0.25) is 0 Å². The predicted octanol–water partition coefficient (Wildman–Crippen LogP) is 3.16. The number of rotatable bonds is 7. The molecule has 0 atom stereocenters. The van der Waals surface area contributed by atoms with E-state index in [4.69, 9.17) is 4.42 Å². The van der Waals surface area contributed by atoms with Gasteiger partial charge in [-0.3, -0.25) is 14.3 Å². The van der Waals surface area contributed by atoms with Gasteiger partial charge >= 0.3 is 0 Å². The summed E-state index contributed by atoms with van der Waals surface area (Å²) in [5, 5.41) is 13.1. The summed E-state index contributed by atoms with van der Waals surface area (Å²) in [7, 11) is 0. The van der Waals surface area contributed by atoms with Gasteiger partial charge < -0.3 is 4.42 Å². The first kappa shape index (κ1) is 18.6. The Bertz CT molecular complexity index is 1090. The van der Waals surface area contributed by atoms with Crippen LogP contribution in [0.5, 0.6) is 0 Å². The predicted molar refractivity (Wildman–Crippen MR) is 110 cm³/mol. The monoisotopic (exact) mass is 404 g/mol. The van der Waals surface area contributed by atoms with Crippen LogP contribution in [-0.2, 0) is 4.79 Å². The van der Waals surface area contributed by atoms with Crippen LogP contribution < -0.4 is 5.43 Å². The molecule has 29 heavy (non-hydrogen) atoms. The average molecular weight is 404 g/mol. The number of carbonyl (C=O) groups is 1. The number of furan rings is 1. The van der Waals surface area contributed by atoms with Gasteiger partial charge in [0, 0.05) is 11.8 Å². The van der Waals surface area contributed by atoms with E-state index in [-0.39, 0.29) is 11.7 Å². The van der Waals surface area contributed by atoms with Crippen LogP contribution in [0.3, 0.4) is 0 Å². The van der Waals surface area contributed by atoms with Crippen LogP contribution in [0.1, 0.15) is 5.76 Å². The van der Waals surface area contributed by atoms with E-state index in [1.165, 1.54) is 24.2 Å². The van der Waals surface area contributed by atoms with Crippen molar-refractivity contribution >= 4 is 23.9 Å². The largest absolute Gasteiger partial charge is 0.463 e. The summed E-state index contributed by atoms with van der Waals surface area (Å²) in [5.41, 5.74) is 4.20. The molecule has 0 saturated carbocycles. The lowest BCUT2D eigenvalue weighted by Gasteiger charge is -2.09. The lowest BCUT2D eigenvalue weighted by molar-refractivity contribution is -0.118. The van der Waals surface area contributed by atoms with E-state index in [0.29, 0.717) is 16.7 Å². The molecule has 0 radical (unpaired) electrons. The second-order valence-corrected chi connectivity index (χ2v) is 6.76. The Morgan fingerprint density at radius 2 is 2.03 bits per heavy atom. The van der Waals surface area contributed by atoms with Gasteiger partial charge in [-0.15, -0.1) is 10.2 Å². The fourth-order valence-electron chi connectivity index (χ4n) is 2.55. The van der Waals surface area contributed by atoms with Gasteiger partial charge in [-0.2, -0.15) is 5.10 Å². The molecule has 3 heterocycles. The second-order valence-electron chi connectivity index (χ2n) is 5.82. The van der Waals surface area contributed by atoms with Gasteiger partial charge in [0.2, 0.25) is 0 Å². The summed E-state index contributed by atoms with van der Waals surface area (Å²) in [5.74, 6) is 1.10. The van der Waals surface area contributed by atoms with Crippen LogP contribution >= 0.6 is 11.8 Å². The summed E-state index contributed by atoms with van der Waals surface area (Å²) in [4.78, 5) is 16.3. The van der Waals surface area contributed by atoms with E-state index in [9.17, 15) is 4.79 Å². The molecule has 0 aliphatic heterocycles. The number of aromatic nitrogens is 4. The number of nitrogens with one attached hydrogen (secondary N) is 1. The van der Waals surface area contributed by atoms with E-state index < -0.39 is 0 Å². The molecule has 8 nitrogen and oxygen atoms in total. The highest BCUT2D eigenvalue weighted by Crippen LogP contribution is 2.27. The highest BCUT2D eigenvalue weighted by atomic mass is 32.2. The molecule has 0 unspecified atom stereocenters. The van der Waals surface area contributed by atoms with Crippen LogP contribution in [0, 0.1) is 0 Å². The van der Waals surface area contributed by atoms with Gasteiger partial charge in [-0.1, -0.05) is 42.1 Å². The van der Waals surface area contributed by atoms with Crippen LogP contribution in [0.15, 0.2) is 87.9 Å². The van der Waals surface area contributed by atoms with Crippen molar-refractivity contribution in [3.63, 3.8) is 0 Å². The Labute approximate surface area is 170 Å². The number of hydrogen-bond acceptors (Lipinski definition) is 7. The third-order valence-corrected chi connectivity index (χ3v) is 4.76. The Hall–Kier alpha value is -3.72. The first-order valence-corrected chi connectivity index (χ1v) is 9.69. The Balaban J connectivity index is 1.51. The third kappa shape index (κ3) is 4.58. The van der Waals surface area contributed by atoms with Gasteiger partial charge in [-0.05, 0) is 24.3 Å². The molecule has 3 aromatic heterocycles.